The maximum atomic E-state index is 12.8. The van der Waals surface area contributed by atoms with Crippen LogP contribution < -0.4 is 10.6 Å². The van der Waals surface area contributed by atoms with E-state index in [0.717, 1.165) is 18.3 Å². The molecule has 0 atom stereocenters. The van der Waals surface area contributed by atoms with Crippen molar-refractivity contribution in [2.24, 2.45) is 0 Å². The lowest BCUT2D eigenvalue weighted by molar-refractivity contribution is -0.112. The molecule has 0 radical (unpaired) electrons. The van der Waals surface area contributed by atoms with Crippen LogP contribution in [-0.4, -0.2) is 18.9 Å². The van der Waals surface area contributed by atoms with Gasteiger partial charge in [0.15, 0.2) is 0 Å². The summed E-state index contributed by atoms with van der Waals surface area (Å²) in [6, 6.07) is 11.8. The molecule has 128 valence electrons. The fourth-order valence-electron chi connectivity index (χ4n) is 1.76. The Morgan fingerprint density at radius 2 is 1.64 bits per heavy atom. The Hall–Kier alpha value is -3.22. The van der Waals surface area contributed by atoms with Crippen molar-refractivity contribution in [1.29, 1.82) is 5.26 Å². The van der Waals surface area contributed by atoms with Gasteiger partial charge in [0.25, 0.3) is 16.0 Å². The van der Waals surface area contributed by atoms with Gasteiger partial charge in [0, 0.05) is 17.6 Å². The van der Waals surface area contributed by atoms with Crippen LogP contribution in [0.15, 0.2) is 65.2 Å². The first kappa shape index (κ1) is 18.1. The van der Waals surface area contributed by atoms with E-state index in [1.54, 1.807) is 6.07 Å². The van der Waals surface area contributed by atoms with E-state index >= 15 is 0 Å². The van der Waals surface area contributed by atoms with Gasteiger partial charge in [-0.25, -0.2) is 4.39 Å². The standard InChI is InChI=1S/C16H12FN3O4S/c17-12-1-3-14(4-2-12)20-16(21)11(9-18)10-19-13-5-7-15(8-6-13)25(22,23)24/h1-8,10,19H,(H,20,21)(H,22,23,24)/b11-10-. The number of nitriles is 1. The summed E-state index contributed by atoms with van der Waals surface area (Å²) >= 11 is 0. The van der Waals surface area contributed by atoms with Crippen molar-refractivity contribution >= 4 is 27.4 Å². The molecule has 25 heavy (non-hydrogen) atoms. The molecular weight excluding hydrogens is 349 g/mol. The molecule has 0 heterocycles. The Morgan fingerprint density at radius 3 is 2.16 bits per heavy atom. The van der Waals surface area contributed by atoms with Gasteiger partial charge in [-0.2, -0.15) is 13.7 Å². The van der Waals surface area contributed by atoms with Crippen LogP contribution in [0.1, 0.15) is 0 Å². The second kappa shape index (κ2) is 7.57. The minimum atomic E-state index is -4.29. The number of hydrogen-bond acceptors (Lipinski definition) is 5. The van der Waals surface area contributed by atoms with E-state index in [9.17, 15) is 17.6 Å². The van der Waals surface area contributed by atoms with Crippen molar-refractivity contribution in [1.82, 2.24) is 0 Å². The summed E-state index contributed by atoms with van der Waals surface area (Å²) in [5.74, 6) is -1.15. The number of halogens is 1. The van der Waals surface area contributed by atoms with E-state index in [1.807, 2.05) is 0 Å². The van der Waals surface area contributed by atoms with Gasteiger partial charge in [-0.05, 0) is 48.5 Å². The molecule has 2 aromatic carbocycles. The maximum absolute atomic E-state index is 12.8. The molecule has 0 unspecified atom stereocenters. The van der Waals surface area contributed by atoms with Gasteiger partial charge in [-0.1, -0.05) is 0 Å². The minimum absolute atomic E-state index is 0.247. The van der Waals surface area contributed by atoms with Crippen LogP contribution in [0.2, 0.25) is 0 Å². The number of anilines is 2. The number of amides is 1. The van der Waals surface area contributed by atoms with Crippen molar-refractivity contribution < 1.29 is 22.2 Å². The van der Waals surface area contributed by atoms with E-state index in [-0.39, 0.29) is 10.5 Å². The maximum Gasteiger partial charge on any atom is 0.294 e. The molecule has 0 saturated heterocycles. The highest BCUT2D eigenvalue weighted by Crippen LogP contribution is 2.14. The van der Waals surface area contributed by atoms with Gasteiger partial charge in [-0.3, -0.25) is 9.35 Å². The zero-order valence-corrected chi connectivity index (χ0v) is 13.4. The summed E-state index contributed by atoms with van der Waals surface area (Å²) < 4.78 is 43.6. The average Bonchev–Trinajstić information content (AvgIpc) is 2.57. The van der Waals surface area contributed by atoms with Crippen LogP contribution in [0.3, 0.4) is 0 Å². The molecule has 0 aliphatic rings. The Balaban J connectivity index is 2.08. The van der Waals surface area contributed by atoms with Gasteiger partial charge in [0.2, 0.25) is 0 Å². The van der Waals surface area contributed by atoms with Crippen molar-refractivity contribution in [3.63, 3.8) is 0 Å². The minimum Gasteiger partial charge on any atom is -0.360 e. The van der Waals surface area contributed by atoms with Crippen molar-refractivity contribution in [2.45, 2.75) is 4.90 Å². The molecule has 9 heteroatoms. The second-order valence-electron chi connectivity index (χ2n) is 4.77. The second-order valence-corrected chi connectivity index (χ2v) is 6.20. The molecule has 0 spiro atoms. The molecule has 0 saturated carbocycles. The SMILES string of the molecule is N#C/C(=C/Nc1ccc(S(=O)(=O)O)cc1)C(=O)Nc1ccc(F)cc1. The molecule has 3 N–H and O–H groups in total. The third-order valence-electron chi connectivity index (χ3n) is 3.00. The number of nitrogens with zero attached hydrogens (tertiary/aromatic N) is 1. The van der Waals surface area contributed by atoms with E-state index in [4.69, 9.17) is 9.81 Å². The summed E-state index contributed by atoms with van der Waals surface area (Å²) in [6.45, 7) is 0. The first-order valence-corrected chi connectivity index (χ1v) is 8.25. The Bertz CT molecular complexity index is 946. The molecule has 0 aliphatic carbocycles. The third kappa shape index (κ3) is 5.13. The monoisotopic (exact) mass is 361 g/mol. The highest BCUT2D eigenvalue weighted by atomic mass is 32.2. The number of nitrogens with one attached hydrogen (secondary N) is 2. The zero-order chi connectivity index (χ0) is 18.4. The van der Waals surface area contributed by atoms with Gasteiger partial charge in [0.1, 0.15) is 17.5 Å². The summed E-state index contributed by atoms with van der Waals surface area (Å²) in [7, 11) is -4.29. The summed E-state index contributed by atoms with van der Waals surface area (Å²) in [5.41, 5.74) is 0.475. The fraction of sp³-hybridized carbons (Fsp3) is 0. The van der Waals surface area contributed by atoms with Crippen molar-refractivity contribution in [3.05, 3.63) is 66.1 Å². The lowest BCUT2D eigenvalue weighted by Crippen LogP contribution is -2.14. The normalized spacial score (nSPS) is 11.5. The Morgan fingerprint density at radius 1 is 1.08 bits per heavy atom. The Labute approximate surface area is 143 Å². The zero-order valence-electron chi connectivity index (χ0n) is 12.6. The van der Waals surface area contributed by atoms with E-state index in [2.05, 4.69) is 10.6 Å². The first-order chi connectivity index (χ1) is 11.8. The number of rotatable bonds is 5. The van der Waals surface area contributed by atoms with Crippen LogP contribution >= 0.6 is 0 Å². The van der Waals surface area contributed by atoms with Crippen LogP contribution in [-0.2, 0) is 14.9 Å². The highest BCUT2D eigenvalue weighted by Gasteiger charge is 2.10. The van der Waals surface area contributed by atoms with E-state index < -0.39 is 21.8 Å². The van der Waals surface area contributed by atoms with E-state index in [1.165, 1.54) is 36.4 Å². The quantitative estimate of drug-likeness (QED) is 0.428. The van der Waals surface area contributed by atoms with Crippen molar-refractivity contribution in [2.75, 3.05) is 10.6 Å². The lowest BCUT2D eigenvalue weighted by atomic mass is 10.2. The number of hydrogen-bond donors (Lipinski definition) is 3. The molecule has 0 aromatic heterocycles. The van der Waals surface area contributed by atoms with Gasteiger partial charge in [-0.15, -0.1) is 0 Å². The lowest BCUT2D eigenvalue weighted by Gasteiger charge is -2.05. The number of benzene rings is 2. The van der Waals surface area contributed by atoms with Gasteiger partial charge in [0.05, 0.1) is 4.90 Å². The third-order valence-corrected chi connectivity index (χ3v) is 3.87. The highest BCUT2D eigenvalue weighted by molar-refractivity contribution is 7.85. The Kier molecular flexibility index (Phi) is 5.49. The predicted molar refractivity (Wildman–Crippen MR) is 88.6 cm³/mol. The molecule has 0 fully saturated rings. The fourth-order valence-corrected chi connectivity index (χ4v) is 2.24. The van der Waals surface area contributed by atoms with Gasteiger partial charge < -0.3 is 10.6 Å². The van der Waals surface area contributed by atoms with Gasteiger partial charge >= 0.3 is 0 Å². The number of carbonyl (C=O) groups is 1. The smallest absolute Gasteiger partial charge is 0.294 e. The molecule has 2 aromatic rings. The van der Waals surface area contributed by atoms with Crippen molar-refractivity contribution in [3.8, 4) is 6.07 Å². The number of carbonyl (C=O) groups excluding carboxylic acids is 1. The van der Waals surface area contributed by atoms with E-state index in [0.29, 0.717) is 11.4 Å². The predicted octanol–water partition coefficient (Wildman–Crippen LogP) is 2.53. The average molecular weight is 361 g/mol. The molecule has 1 amide bonds. The molecule has 0 bridgehead atoms. The largest absolute Gasteiger partial charge is 0.360 e. The first-order valence-electron chi connectivity index (χ1n) is 6.81. The van der Waals surface area contributed by atoms with Crippen LogP contribution in [0, 0.1) is 17.1 Å². The summed E-state index contributed by atoms with van der Waals surface area (Å²) in [4.78, 5) is 11.7. The molecule has 7 nitrogen and oxygen atoms in total. The molecule has 0 aliphatic heterocycles. The summed E-state index contributed by atoms with van der Waals surface area (Å²) in [5, 5.41) is 14.2. The van der Waals surface area contributed by atoms with Crippen LogP contribution in [0.25, 0.3) is 0 Å². The van der Waals surface area contributed by atoms with Crippen LogP contribution in [0.5, 0.6) is 0 Å². The van der Waals surface area contributed by atoms with Crippen LogP contribution in [0.4, 0.5) is 15.8 Å². The molecule has 2 rings (SSSR count). The topological polar surface area (TPSA) is 119 Å². The molecular formula is C16H12FN3O4S. The summed E-state index contributed by atoms with van der Waals surface area (Å²) in [6.07, 6.45) is 1.14.